The van der Waals surface area contributed by atoms with E-state index in [4.69, 9.17) is 9.47 Å². The number of hydrogen-bond donors (Lipinski definition) is 0. The highest BCUT2D eigenvalue weighted by molar-refractivity contribution is 5.71. The molecule has 0 radical (unpaired) electrons. The molecule has 0 aliphatic carbocycles. The van der Waals surface area contributed by atoms with Crippen molar-refractivity contribution < 1.29 is 14.3 Å². The van der Waals surface area contributed by atoms with Crippen molar-refractivity contribution in [2.45, 2.75) is 27.4 Å². The summed E-state index contributed by atoms with van der Waals surface area (Å²) in [5.41, 5.74) is 4.49. The van der Waals surface area contributed by atoms with Crippen LogP contribution in [0.3, 0.4) is 0 Å². The normalized spacial score (nSPS) is 10.2. The summed E-state index contributed by atoms with van der Waals surface area (Å²) >= 11 is 0. The van der Waals surface area contributed by atoms with E-state index in [1.165, 1.54) is 11.1 Å². The van der Waals surface area contributed by atoms with E-state index < -0.39 is 0 Å². The van der Waals surface area contributed by atoms with Gasteiger partial charge in [-0.05, 0) is 49.6 Å². The van der Waals surface area contributed by atoms with Crippen LogP contribution in [0.1, 0.15) is 22.3 Å². The summed E-state index contributed by atoms with van der Waals surface area (Å²) in [6.07, 6.45) is 0. The van der Waals surface area contributed by atoms with Gasteiger partial charge in [0, 0.05) is 0 Å². The second-order valence-electron chi connectivity index (χ2n) is 5.18. The molecule has 0 aliphatic heterocycles. The Bertz CT molecular complexity index is 615. The van der Waals surface area contributed by atoms with E-state index in [0.717, 1.165) is 11.1 Å². The minimum Gasteiger partial charge on any atom is -0.482 e. The highest BCUT2D eigenvalue weighted by Gasteiger charge is 2.05. The lowest BCUT2D eigenvalue weighted by atomic mass is 10.1. The summed E-state index contributed by atoms with van der Waals surface area (Å²) < 4.78 is 10.6. The van der Waals surface area contributed by atoms with Crippen molar-refractivity contribution in [3.63, 3.8) is 0 Å². The van der Waals surface area contributed by atoms with Gasteiger partial charge in [-0.1, -0.05) is 35.9 Å². The summed E-state index contributed by atoms with van der Waals surface area (Å²) in [5.74, 6) is 0.319. The van der Waals surface area contributed by atoms with Crippen molar-refractivity contribution in [3.05, 3.63) is 64.7 Å². The molecule has 0 spiro atoms. The fourth-order valence-corrected chi connectivity index (χ4v) is 1.84. The van der Waals surface area contributed by atoms with E-state index >= 15 is 0 Å². The first-order valence-electron chi connectivity index (χ1n) is 6.96. The van der Waals surface area contributed by atoms with Crippen molar-refractivity contribution in [3.8, 4) is 5.75 Å². The maximum absolute atomic E-state index is 11.7. The lowest BCUT2D eigenvalue weighted by molar-refractivity contribution is -0.147. The predicted octanol–water partition coefficient (Wildman–Crippen LogP) is 3.73. The highest BCUT2D eigenvalue weighted by atomic mass is 16.6. The zero-order valence-corrected chi connectivity index (χ0v) is 12.7. The maximum Gasteiger partial charge on any atom is 0.344 e. The molecule has 0 N–H and O–H groups in total. The van der Waals surface area contributed by atoms with Crippen molar-refractivity contribution >= 4 is 5.97 Å². The summed E-state index contributed by atoms with van der Waals surface area (Å²) in [6.45, 7) is 6.27. The molecular formula is C18H20O3. The fraction of sp³-hybridized carbons (Fsp3) is 0.278. The largest absolute Gasteiger partial charge is 0.482 e. The van der Waals surface area contributed by atoms with E-state index in [1.807, 2.05) is 63.2 Å². The van der Waals surface area contributed by atoms with Gasteiger partial charge in [-0.15, -0.1) is 0 Å². The van der Waals surface area contributed by atoms with Crippen LogP contribution in [0, 0.1) is 20.8 Å². The first kappa shape index (κ1) is 15.1. The smallest absolute Gasteiger partial charge is 0.344 e. The van der Waals surface area contributed by atoms with Gasteiger partial charge >= 0.3 is 5.97 Å². The average molecular weight is 284 g/mol. The molecular weight excluding hydrogens is 264 g/mol. The Labute approximate surface area is 125 Å². The topological polar surface area (TPSA) is 35.5 Å². The molecule has 0 fully saturated rings. The second-order valence-corrected chi connectivity index (χ2v) is 5.18. The quantitative estimate of drug-likeness (QED) is 0.785. The summed E-state index contributed by atoms with van der Waals surface area (Å²) in [6, 6.07) is 13.6. The number of esters is 1. The van der Waals surface area contributed by atoms with Crippen molar-refractivity contribution in [2.75, 3.05) is 6.61 Å². The van der Waals surface area contributed by atoms with E-state index in [9.17, 15) is 4.79 Å². The van der Waals surface area contributed by atoms with Gasteiger partial charge < -0.3 is 9.47 Å². The average Bonchev–Trinajstić information content (AvgIpc) is 2.48. The fourth-order valence-electron chi connectivity index (χ4n) is 1.84. The monoisotopic (exact) mass is 284 g/mol. The van der Waals surface area contributed by atoms with Gasteiger partial charge in [-0.25, -0.2) is 4.79 Å². The predicted molar refractivity (Wildman–Crippen MR) is 82.4 cm³/mol. The van der Waals surface area contributed by atoms with Crippen LogP contribution in [0.25, 0.3) is 0 Å². The number of benzene rings is 2. The standard InChI is InChI=1S/C18H20O3/c1-13-4-7-16(8-5-13)11-21-18(19)12-20-17-9-6-14(2)15(3)10-17/h4-10H,11-12H2,1-3H3. The zero-order chi connectivity index (χ0) is 15.2. The molecule has 2 aromatic rings. The third kappa shape index (κ3) is 4.63. The molecule has 0 saturated carbocycles. The van der Waals surface area contributed by atoms with Gasteiger partial charge in [0.15, 0.2) is 6.61 Å². The van der Waals surface area contributed by atoms with Crippen LogP contribution in [-0.4, -0.2) is 12.6 Å². The Balaban J connectivity index is 1.79. The van der Waals surface area contributed by atoms with E-state index in [-0.39, 0.29) is 19.2 Å². The van der Waals surface area contributed by atoms with E-state index in [1.54, 1.807) is 0 Å². The number of rotatable bonds is 5. The molecule has 21 heavy (non-hydrogen) atoms. The number of aryl methyl sites for hydroxylation is 3. The van der Waals surface area contributed by atoms with Gasteiger partial charge in [-0.2, -0.15) is 0 Å². The summed E-state index contributed by atoms with van der Waals surface area (Å²) in [7, 11) is 0. The lowest BCUT2D eigenvalue weighted by Gasteiger charge is -2.09. The van der Waals surface area contributed by atoms with E-state index in [0.29, 0.717) is 5.75 Å². The second kappa shape index (κ2) is 6.93. The highest BCUT2D eigenvalue weighted by Crippen LogP contribution is 2.16. The van der Waals surface area contributed by atoms with Crippen LogP contribution in [-0.2, 0) is 16.1 Å². The molecule has 0 aromatic heterocycles. The summed E-state index contributed by atoms with van der Waals surface area (Å²) in [4.78, 5) is 11.7. The Morgan fingerprint density at radius 1 is 0.952 bits per heavy atom. The molecule has 0 bridgehead atoms. The minimum absolute atomic E-state index is 0.0750. The van der Waals surface area contributed by atoms with Gasteiger partial charge in [0.05, 0.1) is 0 Å². The number of carbonyl (C=O) groups is 1. The van der Waals surface area contributed by atoms with Crippen LogP contribution in [0.15, 0.2) is 42.5 Å². The lowest BCUT2D eigenvalue weighted by Crippen LogP contribution is -2.14. The molecule has 3 heteroatoms. The van der Waals surface area contributed by atoms with Crippen molar-refractivity contribution in [1.29, 1.82) is 0 Å². The van der Waals surface area contributed by atoms with Crippen LogP contribution >= 0.6 is 0 Å². The molecule has 3 nitrogen and oxygen atoms in total. The molecule has 0 unspecified atom stereocenters. The maximum atomic E-state index is 11.7. The Kier molecular flexibility index (Phi) is 4.99. The zero-order valence-electron chi connectivity index (χ0n) is 12.7. The number of ether oxygens (including phenoxy) is 2. The molecule has 0 amide bonds. The van der Waals surface area contributed by atoms with Gasteiger partial charge in [0.25, 0.3) is 0 Å². The molecule has 0 heterocycles. The Morgan fingerprint density at radius 2 is 1.67 bits per heavy atom. The third-order valence-corrected chi connectivity index (χ3v) is 3.36. The van der Waals surface area contributed by atoms with Crippen LogP contribution in [0.4, 0.5) is 0 Å². The van der Waals surface area contributed by atoms with Crippen LogP contribution in [0.5, 0.6) is 5.75 Å². The Morgan fingerprint density at radius 3 is 2.33 bits per heavy atom. The van der Waals surface area contributed by atoms with Gasteiger partial charge in [-0.3, -0.25) is 0 Å². The van der Waals surface area contributed by atoms with E-state index in [2.05, 4.69) is 0 Å². The molecule has 0 atom stereocenters. The SMILES string of the molecule is Cc1ccc(COC(=O)COc2ccc(C)c(C)c2)cc1. The van der Waals surface area contributed by atoms with Crippen LogP contribution in [0.2, 0.25) is 0 Å². The van der Waals surface area contributed by atoms with Gasteiger partial charge in [0.2, 0.25) is 0 Å². The minimum atomic E-state index is -0.367. The first-order valence-corrected chi connectivity index (χ1v) is 6.96. The van der Waals surface area contributed by atoms with Crippen LogP contribution < -0.4 is 4.74 Å². The van der Waals surface area contributed by atoms with Crippen molar-refractivity contribution in [2.24, 2.45) is 0 Å². The Hall–Kier alpha value is -2.29. The molecule has 0 saturated heterocycles. The molecule has 0 aliphatic rings. The van der Waals surface area contributed by atoms with Gasteiger partial charge in [0.1, 0.15) is 12.4 Å². The third-order valence-electron chi connectivity index (χ3n) is 3.36. The molecule has 2 rings (SSSR count). The number of carbonyl (C=O) groups excluding carboxylic acids is 1. The summed E-state index contributed by atoms with van der Waals surface area (Å²) in [5, 5.41) is 0. The first-order chi connectivity index (χ1) is 10.0. The molecule has 110 valence electrons. The molecule has 2 aromatic carbocycles. The number of hydrogen-bond acceptors (Lipinski definition) is 3. The van der Waals surface area contributed by atoms with Crippen molar-refractivity contribution in [1.82, 2.24) is 0 Å².